The van der Waals surface area contributed by atoms with E-state index in [0.717, 1.165) is 4.88 Å². The van der Waals surface area contributed by atoms with Crippen LogP contribution in [-0.4, -0.2) is 40.6 Å². The average Bonchev–Trinajstić information content (AvgIpc) is 3.48. The number of furan rings is 1. The fraction of sp³-hybridized carbons (Fsp3) is 0.200. The van der Waals surface area contributed by atoms with Gasteiger partial charge in [-0.3, -0.25) is 4.79 Å². The molecule has 0 aliphatic heterocycles. The van der Waals surface area contributed by atoms with Crippen LogP contribution in [0, 0.1) is 6.92 Å². The van der Waals surface area contributed by atoms with Crippen molar-refractivity contribution in [1.29, 1.82) is 0 Å². The normalized spacial score (nSPS) is 11.0. The first-order chi connectivity index (χ1) is 14.0. The lowest BCUT2D eigenvalue weighted by Crippen LogP contribution is -2.30. The number of carbonyl (C=O) groups is 2. The predicted molar refractivity (Wildman–Crippen MR) is 105 cm³/mol. The lowest BCUT2D eigenvalue weighted by molar-refractivity contribution is -0.133. The average molecular weight is 411 g/mol. The van der Waals surface area contributed by atoms with Crippen molar-refractivity contribution in [3.63, 3.8) is 0 Å². The molecule has 0 unspecified atom stereocenters. The molecule has 0 bridgehead atoms. The fourth-order valence-corrected chi connectivity index (χ4v) is 3.53. The van der Waals surface area contributed by atoms with Crippen LogP contribution < -0.4 is 0 Å². The van der Waals surface area contributed by atoms with Crippen LogP contribution in [0.4, 0.5) is 0 Å². The molecule has 0 spiro atoms. The highest BCUT2D eigenvalue weighted by atomic mass is 32.1. The molecule has 1 amide bonds. The van der Waals surface area contributed by atoms with E-state index in [0.29, 0.717) is 22.5 Å². The van der Waals surface area contributed by atoms with Crippen LogP contribution in [-0.2, 0) is 16.1 Å². The van der Waals surface area contributed by atoms with Crippen LogP contribution in [0.1, 0.15) is 21.8 Å². The molecule has 0 saturated heterocycles. The van der Waals surface area contributed by atoms with Crippen molar-refractivity contribution in [2.24, 2.45) is 0 Å². The number of hydrogen-bond acceptors (Lipinski definition) is 8. The van der Waals surface area contributed by atoms with E-state index in [1.807, 2.05) is 17.5 Å². The summed E-state index contributed by atoms with van der Waals surface area (Å²) in [6, 6.07) is 8.93. The number of pyridine rings is 1. The first kappa shape index (κ1) is 18.9. The lowest BCUT2D eigenvalue weighted by Gasteiger charge is -2.15. The Kier molecular flexibility index (Phi) is 5.13. The topological polar surface area (TPSA) is 98.7 Å². The van der Waals surface area contributed by atoms with Crippen LogP contribution in [0.5, 0.6) is 0 Å². The molecule has 29 heavy (non-hydrogen) atoms. The number of amides is 1. The van der Waals surface area contributed by atoms with Crippen LogP contribution >= 0.6 is 11.3 Å². The molecule has 0 N–H and O–H groups in total. The van der Waals surface area contributed by atoms with Gasteiger partial charge in [-0.2, -0.15) is 0 Å². The Hall–Kier alpha value is -3.46. The number of nitrogens with zero attached hydrogens (tertiary/aromatic N) is 3. The Bertz CT molecular complexity index is 1150. The van der Waals surface area contributed by atoms with Gasteiger partial charge in [-0.05, 0) is 36.6 Å². The second-order valence-electron chi connectivity index (χ2n) is 6.39. The van der Waals surface area contributed by atoms with Gasteiger partial charge < -0.3 is 18.6 Å². The van der Waals surface area contributed by atoms with E-state index in [4.69, 9.17) is 13.7 Å². The maximum Gasteiger partial charge on any atom is 0.339 e. The molecule has 8 nitrogen and oxygen atoms in total. The molecule has 0 aliphatic carbocycles. The Balaban J connectivity index is 1.53. The highest BCUT2D eigenvalue weighted by Gasteiger charge is 2.22. The Morgan fingerprint density at radius 1 is 1.28 bits per heavy atom. The second kappa shape index (κ2) is 7.88. The number of aromatic nitrogens is 2. The number of rotatable bonds is 6. The molecular weight excluding hydrogens is 394 g/mol. The van der Waals surface area contributed by atoms with Crippen molar-refractivity contribution >= 4 is 34.3 Å². The van der Waals surface area contributed by atoms with Crippen LogP contribution in [0.2, 0.25) is 0 Å². The number of hydrogen-bond donors (Lipinski definition) is 0. The number of likely N-dealkylation sites (N-methyl/N-ethyl adjacent to an activating group) is 1. The molecule has 0 saturated carbocycles. The highest BCUT2D eigenvalue weighted by Crippen LogP contribution is 2.29. The summed E-state index contributed by atoms with van der Waals surface area (Å²) in [6.45, 7) is 1.62. The molecule has 4 rings (SSSR count). The van der Waals surface area contributed by atoms with Crippen molar-refractivity contribution in [3.05, 3.63) is 59.0 Å². The molecule has 4 heterocycles. The first-order valence-corrected chi connectivity index (χ1v) is 9.65. The molecular formula is C20H17N3O5S. The van der Waals surface area contributed by atoms with Crippen LogP contribution in [0.15, 0.2) is 50.9 Å². The smallest absolute Gasteiger partial charge is 0.339 e. The highest BCUT2D eigenvalue weighted by molar-refractivity contribution is 7.13. The maximum atomic E-state index is 12.8. The minimum Gasteiger partial charge on any atom is -0.467 e. The van der Waals surface area contributed by atoms with Crippen molar-refractivity contribution < 1.29 is 23.3 Å². The van der Waals surface area contributed by atoms with Crippen molar-refractivity contribution in [2.75, 3.05) is 13.7 Å². The molecule has 4 aromatic heterocycles. The van der Waals surface area contributed by atoms with Crippen molar-refractivity contribution in [3.8, 4) is 10.6 Å². The SMILES string of the molecule is Cc1noc2nc(-c3cccs3)cc(C(=O)OCC(=O)N(C)Cc3ccco3)c12. The van der Waals surface area contributed by atoms with E-state index >= 15 is 0 Å². The zero-order valence-electron chi connectivity index (χ0n) is 15.7. The number of fused-ring (bicyclic) bond motifs is 1. The maximum absolute atomic E-state index is 12.8. The monoisotopic (exact) mass is 411 g/mol. The molecule has 4 aromatic rings. The van der Waals surface area contributed by atoms with Crippen molar-refractivity contribution in [1.82, 2.24) is 15.0 Å². The molecule has 0 atom stereocenters. The Morgan fingerprint density at radius 3 is 2.86 bits per heavy atom. The second-order valence-corrected chi connectivity index (χ2v) is 7.33. The minimum absolute atomic E-state index is 0.251. The largest absolute Gasteiger partial charge is 0.467 e. The fourth-order valence-electron chi connectivity index (χ4n) is 2.85. The zero-order chi connectivity index (χ0) is 20.4. The van der Waals surface area contributed by atoms with Gasteiger partial charge in [0.2, 0.25) is 0 Å². The van der Waals surface area contributed by atoms with E-state index in [9.17, 15) is 9.59 Å². The third-order valence-electron chi connectivity index (χ3n) is 4.34. The van der Waals surface area contributed by atoms with E-state index in [1.165, 1.54) is 22.5 Å². The van der Waals surface area contributed by atoms with Gasteiger partial charge in [-0.15, -0.1) is 11.3 Å². The molecule has 148 valence electrons. The predicted octanol–water partition coefficient (Wildman–Crippen LogP) is 3.67. The summed E-state index contributed by atoms with van der Waals surface area (Å²) < 4.78 is 15.8. The molecule has 0 radical (unpaired) electrons. The van der Waals surface area contributed by atoms with E-state index in [-0.39, 0.29) is 23.7 Å². The summed E-state index contributed by atoms with van der Waals surface area (Å²) in [5, 5.41) is 6.29. The number of carbonyl (C=O) groups excluding carboxylic acids is 2. The summed E-state index contributed by atoms with van der Waals surface area (Å²) in [5.41, 5.74) is 1.62. The van der Waals surface area contributed by atoms with Crippen LogP contribution in [0.3, 0.4) is 0 Å². The molecule has 9 heteroatoms. The van der Waals surface area contributed by atoms with Gasteiger partial charge in [0, 0.05) is 7.05 Å². The van der Waals surface area contributed by atoms with Gasteiger partial charge in [-0.25, -0.2) is 9.78 Å². The lowest BCUT2D eigenvalue weighted by atomic mass is 10.1. The quantitative estimate of drug-likeness (QED) is 0.446. The third-order valence-corrected chi connectivity index (χ3v) is 5.23. The van der Waals surface area contributed by atoms with Gasteiger partial charge in [0.15, 0.2) is 6.61 Å². The Labute approximate surface area is 169 Å². The summed E-state index contributed by atoms with van der Waals surface area (Å²) in [4.78, 5) is 31.8. The molecule has 0 fully saturated rings. The number of aryl methyl sites for hydroxylation is 1. The van der Waals surface area contributed by atoms with Crippen molar-refractivity contribution in [2.45, 2.75) is 13.5 Å². The third kappa shape index (κ3) is 3.90. The number of thiophene rings is 1. The summed E-state index contributed by atoms with van der Waals surface area (Å²) in [6.07, 6.45) is 1.54. The van der Waals surface area contributed by atoms with E-state index < -0.39 is 12.6 Å². The summed E-state index contributed by atoms with van der Waals surface area (Å²) >= 11 is 1.49. The number of esters is 1. The Morgan fingerprint density at radius 2 is 2.14 bits per heavy atom. The standard InChI is InChI=1S/C20H17N3O5S/c1-12-18-14(9-15(16-6-4-8-29-16)21-19(18)28-22-12)20(25)27-11-17(24)23(2)10-13-5-3-7-26-13/h3-9H,10-11H2,1-2H3. The molecule has 0 aliphatic rings. The van der Waals surface area contributed by atoms with E-state index in [2.05, 4.69) is 10.1 Å². The summed E-state index contributed by atoms with van der Waals surface area (Å²) in [5.74, 6) is -0.342. The zero-order valence-corrected chi connectivity index (χ0v) is 16.6. The van der Waals surface area contributed by atoms with Crippen LogP contribution in [0.25, 0.3) is 21.7 Å². The van der Waals surface area contributed by atoms with Gasteiger partial charge in [0.1, 0.15) is 5.76 Å². The first-order valence-electron chi connectivity index (χ1n) is 8.77. The van der Waals surface area contributed by atoms with Gasteiger partial charge >= 0.3 is 5.97 Å². The summed E-state index contributed by atoms with van der Waals surface area (Å²) in [7, 11) is 1.61. The van der Waals surface area contributed by atoms with E-state index in [1.54, 1.807) is 32.2 Å². The van der Waals surface area contributed by atoms with Gasteiger partial charge in [-0.1, -0.05) is 11.2 Å². The van der Waals surface area contributed by atoms with Gasteiger partial charge in [0.05, 0.1) is 40.0 Å². The minimum atomic E-state index is -0.638. The molecule has 0 aromatic carbocycles. The van der Waals surface area contributed by atoms with Gasteiger partial charge in [0.25, 0.3) is 11.6 Å². The number of ether oxygens (including phenoxy) is 1.